The summed E-state index contributed by atoms with van der Waals surface area (Å²) in [5.41, 5.74) is 1.62. The van der Waals surface area contributed by atoms with Crippen LogP contribution in [0.2, 0.25) is 0 Å². The molecule has 2 heterocycles. The maximum Gasteiger partial charge on any atom is 0.341 e. The smallest absolute Gasteiger partial charge is 0.341 e. The van der Waals surface area contributed by atoms with Crippen LogP contribution in [0.25, 0.3) is 0 Å². The van der Waals surface area contributed by atoms with E-state index in [-0.39, 0.29) is 6.61 Å². The number of aryl methyl sites for hydroxylation is 1. The maximum atomic E-state index is 12.3. The zero-order valence-corrected chi connectivity index (χ0v) is 18.1. The number of thiophene rings is 1. The predicted octanol–water partition coefficient (Wildman–Crippen LogP) is 3.53. The zero-order valence-electron chi connectivity index (χ0n) is 17.3. The Labute approximate surface area is 183 Å². The minimum absolute atomic E-state index is 0.238. The second kappa shape index (κ2) is 10.5. The molecule has 1 aromatic carbocycles. The van der Waals surface area contributed by atoms with Crippen molar-refractivity contribution in [3.8, 4) is 0 Å². The molecule has 1 N–H and O–H groups in total. The molecule has 0 aliphatic rings. The van der Waals surface area contributed by atoms with Crippen molar-refractivity contribution in [2.24, 2.45) is 0 Å². The lowest BCUT2D eigenvalue weighted by Gasteiger charge is -2.08. The van der Waals surface area contributed by atoms with Gasteiger partial charge in [0.2, 0.25) is 0 Å². The first kappa shape index (κ1) is 22.2. The molecule has 3 aromatic rings. The van der Waals surface area contributed by atoms with Crippen molar-refractivity contribution in [1.82, 2.24) is 9.78 Å². The minimum atomic E-state index is -0.605. The van der Waals surface area contributed by atoms with Crippen LogP contribution in [0.3, 0.4) is 0 Å². The Bertz CT molecular complexity index is 1040. The summed E-state index contributed by atoms with van der Waals surface area (Å²) in [6.45, 7) is 4.03. The third-order valence-corrected chi connectivity index (χ3v) is 5.50. The van der Waals surface area contributed by atoms with Gasteiger partial charge in [-0.15, -0.1) is 11.3 Å². The number of anilines is 1. The van der Waals surface area contributed by atoms with Gasteiger partial charge in [0.25, 0.3) is 5.91 Å². The van der Waals surface area contributed by atoms with Gasteiger partial charge in [-0.25, -0.2) is 9.59 Å². The topological polar surface area (TPSA) is 99.5 Å². The molecule has 162 valence electrons. The van der Waals surface area contributed by atoms with Gasteiger partial charge < -0.3 is 14.8 Å². The van der Waals surface area contributed by atoms with E-state index < -0.39 is 24.5 Å². The molecule has 9 heteroatoms. The summed E-state index contributed by atoms with van der Waals surface area (Å²) in [5, 5.41) is 7.16. The van der Waals surface area contributed by atoms with Crippen molar-refractivity contribution in [2.75, 3.05) is 18.5 Å². The number of ether oxygens (including phenoxy) is 2. The number of aromatic nitrogens is 2. The Morgan fingerprint density at radius 1 is 1.10 bits per heavy atom. The molecule has 3 rings (SSSR count). The number of carbonyl (C=O) groups excluding carboxylic acids is 3. The number of carbonyl (C=O) groups is 3. The van der Waals surface area contributed by atoms with E-state index in [4.69, 9.17) is 9.47 Å². The van der Waals surface area contributed by atoms with Gasteiger partial charge in [-0.2, -0.15) is 5.10 Å². The Balaban J connectivity index is 1.55. The summed E-state index contributed by atoms with van der Waals surface area (Å²) >= 11 is 1.30. The van der Waals surface area contributed by atoms with Gasteiger partial charge in [0.05, 0.1) is 24.3 Å². The van der Waals surface area contributed by atoms with Gasteiger partial charge in [0, 0.05) is 17.3 Å². The van der Waals surface area contributed by atoms with E-state index in [0.29, 0.717) is 22.7 Å². The second-order valence-corrected chi connectivity index (χ2v) is 7.69. The third-order valence-electron chi connectivity index (χ3n) is 4.31. The van der Waals surface area contributed by atoms with Crippen LogP contribution in [-0.4, -0.2) is 40.8 Å². The van der Waals surface area contributed by atoms with Gasteiger partial charge in [0.15, 0.2) is 6.61 Å². The Morgan fingerprint density at radius 2 is 1.87 bits per heavy atom. The quantitative estimate of drug-likeness (QED) is 0.510. The Hall–Kier alpha value is -3.46. The van der Waals surface area contributed by atoms with Crippen LogP contribution in [0, 0.1) is 0 Å². The van der Waals surface area contributed by atoms with E-state index in [1.807, 2.05) is 31.3 Å². The summed E-state index contributed by atoms with van der Waals surface area (Å²) in [7, 11) is 0. The SMILES string of the molecule is CCOC(=O)c1cc(CC)sc1NC(=O)COC(=O)c1ccc(Cn2cccn2)cc1. The Kier molecular flexibility index (Phi) is 7.55. The van der Waals surface area contributed by atoms with Crippen molar-refractivity contribution in [3.63, 3.8) is 0 Å². The molecule has 0 bridgehead atoms. The number of rotatable bonds is 9. The summed E-state index contributed by atoms with van der Waals surface area (Å²) < 4.78 is 11.9. The fourth-order valence-corrected chi connectivity index (χ4v) is 3.77. The summed E-state index contributed by atoms with van der Waals surface area (Å²) in [4.78, 5) is 37.5. The average molecular weight is 442 g/mol. The number of esters is 2. The van der Waals surface area contributed by atoms with Crippen LogP contribution in [0.4, 0.5) is 5.00 Å². The second-order valence-electron chi connectivity index (χ2n) is 6.55. The zero-order chi connectivity index (χ0) is 22.2. The van der Waals surface area contributed by atoms with Gasteiger partial charge in [-0.3, -0.25) is 9.48 Å². The molecule has 0 radical (unpaired) electrons. The van der Waals surface area contributed by atoms with E-state index in [1.54, 1.807) is 36.0 Å². The first-order valence-electron chi connectivity index (χ1n) is 9.83. The molecule has 8 nitrogen and oxygen atoms in total. The minimum Gasteiger partial charge on any atom is -0.462 e. The highest BCUT2D eigenvalue weighted by Gasteiger charge is 2.19. The van der Waals surface area contributed by atoms with E-state index in [9.17, 15) is 14.4 Å². The van der Waals surface area contributed by atoms with Crippen LogP contribution in [-0.2, 0) is 27.2 Å². The van der Waals surface area contributed by atoms with Crippen molar-refractivity contribution in [1.29, 1.82) is 0 Å². The van der Waals surface area contributed by atoms with Crippen LogP contribution < -0.4 is 5.32 Å². The first-order valence-corrected chi connectivity index (χ1v) is 10.6. The van der Waals surface area contributed by atoms with E-state index in [0.717, 1.165) is 16.9 Å². The van der Waals surface area contributed by atoms with E-state index >= 15 is 0 Å². The molecule has 0 spiro atoms. The number of benzene rings is 1. The van der Waals surface area contributed by atoms with Gasteiger partial charge in [-0.1, -0.05) is 19.1 Å². The number of nitrogens with one attached hydrogen (secondary N) is 1. The lowest BCUT2D eigenvalue weighted by molar-refractivity contribution is -0.119. The molecular weight excluding hydrogens is 418 g/mol. The highest BCUT2D eigenvalue weighted by Crippen LogP contribution is 2.29. The lowest BCUT2D eigenvalue weighted by atomic mass is 10.1. The molecular formula is C22H23N3O5S. The molecule has 0 atom stereocenters. The molecule has 0 aliphatic heterocycles. The van der Waals surface area contributed by atoms with Gasteiger partial charge >= 0.3 is 11.9 Å². The number of nitrogens with zero attached hydrogens (tertiary/aromatic N) is 2. The fraction of sp³-hybridized carbons (Fsp3) is 0.273. The highest BCUT2D eigenvalue weighted by atomic mass is 32.1. The molecule has 31 heavy (non-hydrogen) atoms. The monoisotopic (exact) mass is 441 g/mol. The van der Waals surface area contributed by atoms with Crippen molar-refractivity contribution in [2.45, 2.75) is 26.8 Å². The van der Waals surface area contributed by atoms with E-state index in [2.05, 4.69) is 10.4 Å². The molecule has 0 unspecified atom stereocenters. The predicted molar refractivity (Wildman–Crippen MR) is 116 cm³/mol. The van der Waals surface area contributed by atoms with Crippen LogP contribution in [0.5, 0.6) is 0 Å². The van der Waals surface area contributed by atoms with Gasteiger partial charge in [-0.05, 0) is 43.2 Å². The summed E-state index contributed by atoms with van der Waals surface area (Å²) in [6, 6.07) is 10.4. The van der Waals surface area contributed by atoms with E-state index in [1.165, 1.54) is 11.3 Å². The lowest BCUT2D eigenvalue weighted by Crippen LogP contribution is -2.21. The number of amides is 1. The standard InChI is InChI=1S/C22H23N3O5S/c1-3-17-12-18(22(28)29-4-2)20(31-17)24-19(26)14-30-21(27)16-8-6-15(7-9-16)13-25-11-5-10-23-25/h5-12H,3-4,13-14H2,1-2H3,(H,24,26). The third kappa shape index (κ3) is 6.02. The number of hydrogen-bond acceptors (Lipinski definition) is 7. The maximum absolute atomic E-state index is 12.3. The van der Waals surface area contributed by atoms with Crippen LogP contribution >= 0.6 is 11.3 Å². The molecule has 0 aliphatic carbocycles. The van der Waals surface area contributed by atoms with Crippen LogP contribution in [0.1, 0.15) is 45.0 Å². The Morgan fingerprint density at radius 3 is 2.52 bits per heavy atom. The molecule has 0 fully saturated rings. The van der Waals surface area contributed by atoms with Crippen LogP contribution in [0.15, 0.2) is 48.8 Å². The molecule has 1 amide bonds. The molecule has 0 saturated heterocycles. The normalized spacial score (nSPS) is 10.5. The highest BCUT2D eigenvalue weighted by molar-refractivity contribution is 7.16. The van der Waals surface area contributed by atoms with Crippen molar-refractivity contribution in [3.05, 3.63) is 70.4 Å². The van der Waals surface area contributed by atoms with Gasteiger partial charge in [0.1, 0.15) is 5.00 Å². The van der Waals surface area contributed by atoms with Crippen molar-refractivity contribution >= 4 is 34.2 Å². The number of hydrogen-bond donors (Lipinski definition) is 1. The largest absolute Gasteiger partial charge is 0.462 e. The summed E-state index contributed by atoms with van der Waals surface area (Å²) in [5.74, 6) is -1.63. The average Bonchev–Trinajstić information content (AvgIpc) is 3.42. The first-order chi connectivity index (χ1) is 15.0. The molecule has 0 saturated carbocycles. The van der Waals surface area contributed by atoms with Crippen molar-refractivity contribution < 1.29 is 23.9 Å². The molecule has 2 aromatic heterocycles. The summed E-state index contributed by atoms with van der Waals surface area (Å²) in [6.07, 6.45) is 4.27. The fourth-order valence-electron chi connectivity index (χ4n) is 2.77.